The molecule has 1 N–H and O–H groups in total. The number of carbonyl (C=O) groups is 1. The van der Waals surface area contributed by atoms with Crippen molar-refractivity contribution in [3.63, 3.8) is 0 Å². The van der Waals surface area contributed by atoms with Crippen LogP contribution in [0.1, 0.15) is 25.3 Å². The van der Waals surface area contributed by atoms with Gasteiger partial charge in [0.1, 0.15) is 23.5 Å². The monoisotopic (exact) mass is 416 g/mol. The van der Waals surface area contributed by atoms with Crippen molar-refractivity contribution in [1.29, 1.82) is 5.26 Å². The highest BCUT2D eigenvalue weighted by Gasteiger charge is 2.59. The first kappa shape index (κ1) is 19.4. The number of anilines is 1. The normalized spacial score (nSPS) is 24.8. The van der Waals surface area contributed by atoms with Crippen molar-refractivity contribution in [2.75, 3.05) is 5.32 Å². The van der Waals surface area contributed by atoms with Crippen molar-refractivity contribution >= 4 is 22.6 Å². The van der Waals surface area contributed by atoms with Gasteiger partial charge in [-0.3, -0.25) is 9.78 Å². The Morgan fingerprint density at radius 2 is 2.03 bits per heavy atom. The minimum atomic E-state index is -0.309. The zero-order valence-corrected chi connectivity index (χ0v) is 17.0. The molecule has 2 aromatic heterocycles. The second-order valence-electron chi connectivity index (χ2n) is 8.41. The second kappa shape index (κ2) is 7.62. The molecule has 0 bridgehead atoms. The molecule has 3 aromatic rings. The summed E-state index contributed by atoms with van der Waals surface area (Å²) in [4.78, 5) is 21.0. The van der Waals surface area contributed by atoms with Crippen LogP contribution in [0.3, 0.4) is 0 Å². The number of nitrogens with zero attached hydrogens (tertiary/aromatic N) is 3. The van der Waals surface area contributed by atoms with E-state index in [1.54, 1.807) is 30.5 Å². The van der Waals surface area contributed by atoms with E-state index in [0.29, 0.717) is 45.8 Å². The Morgan fingerprint density at radius 3 is 2.74 bits per heavy atom. The number of aromatic nitrogens is 2. The van der Waals surface area contributed by atoms with Crippen LogP contribution in [0.4, 0.5) is 10.2 Å². The smallest absolute Gasteiger partial charge is 0.228 e. The summed E-state index contributed by atoms with van der Waals surface area (Å²) in [5.74, 6) is 1.90. The molecular weight excluding hydrogens is 395 g/mol. The van der Waals surface area contributed by atoms with Crippen molar-refractivity contribution in [3.05, 3.63) is 60.2 Å². The van der Waals surface area contributed by atoms with Crippen molar-refractivity contribution in [1.82, 2.24) is 9.97 Å². The molecule has 1 unspecified atom stereocenters. The third kappa shape index (κ3) is 3.70. The third-order valence-electron chi connectivity index (χ3n) is 6.56. The minimum absolute atomic E-state index is 0.0512. The molecule has 5 rings (SSSR count). The highest BCUT2D eigenvalue weighted by molar-refractivity contribution is 5.92. The summed E-state index contributed by atoms with van der Waals surface area (Å²) in [6, 6.07) is 11.6. The van der Waals surface area contributed by atoms with Gasteiger partial charge < -0.3 is 10.1 Å². The van der Waals surface area contributed by atoms with E-state index in [4.69, 9.17) is 10.00 Å². The molecule has 2 aliphatic rings. The lowest BCUT2D eigenvalue weighted by atomic mass is 9.97. The Hall–Kier alpha value is -3.53. The molecule has 5 atom stereocenters. The summed E-state index contributed by atoms with van der Waals surface area (Å²) >= 11 is 0. The molecule has 2 saturated carbocycles. The van der Waals surface area contributed by atoms with E-state index in [0.717, 1.165) is 12.8 Å². The molecule has 0 spiro atoms. The molecule has 0 radical (unpaired) electrons. The van der Waals surface area contributed by atoms with Crippen LogP contribution in [-0.2, 0) is 4.79 Å². The standard InChI is InChI=1S/C24H21FN4O2/c1-13(24(30)29-22-5-2-14(11-26)12-28-22)23-17-9-16(10-18(17)23)31-21-6-7-27-20-4-3-15(25)8-19(20)21/h2-8,12-13,16-18,23H,9-10H2,1H3,(H,28,29,30)/t13?,16-,17-,18+,23+. The van der Waals surface area contributed by atoms with Crippen molar-refractivity contribution < 1.29 is 13.9 Å². The van der Waals surface area contributed by atoms with Gasteiger partial charge in [0.05, 0.1) is 17.2 Å². The van der Waals surface area contributed by atoms with Gasteiger partial charge in [0, 0.05) is 23.7 Å². The summed E-state index contributed by atoms with van der Waals surface area (Å²) in [5, 5.41) is 12.4. The maximum Gasteiger partial charge on any atom is 0.228 e. The quantitative estimate of drug-likeness (QED) is 0.669. The summed E-state index contributed by atoms with van der Waals surface area (Å²) in [6.45, 7) is 1.96. The Bertz CT molecular complexity index is 1180. The predicted molar refractivity (Wildman–Crippen MR) is 113 cm³/mol. The van der Waals surface area contributed by atoms with Gasteiger partial charge in [-0.25, -0.2) is 9.37 Å². The van der Waals surface area contributed by atoms with E-state index in [-0.39, 0.29) is 23.7 Å². The summed E-state index contributed by atoms with van der Waals surface area (Å²) in [7, 11) is 0. The zero-order chi connectivity index (χ0) is 21.5. The fourth-order valence-corrected chi connectivity index (χ4v) is 5.00. The number of ether oxygens (including phenoxy) is 1. The van der Waals surface area contributed by atoms with Crippen LogP contribution < -0.4 is 10.1 Å². The average Bonchev–Trinajstić information content (AvgIpc) is 3.28. The maximum atomic E-state index is 13.7. The molecular formula is C24H21FN4O2. The first-order valence-corrected chi connectivity index (χ1v) is 10.4. The summed E-state index contributed by atoms with van der Waals surface area (Å²) in [6.07, 6.45) is 4.97. The van der Waals surface area contributed by atoms with E-state index < -0.39 is 0 Å². The first-order valence-electron chi connectivity index (χ1n) is 10.4. The molecule has 156 valence electrons. The van der Waals surface area contributed by atoms with Gasteiger partial charge >= 0.3 is 0 Å². The van der Waals surface area contributed by atoms with Crippen LogP contribution in [-0.4, -0.2) is 22.0 Å². The van der Waals surface area contributed by atoms with E-state index in [1.165, 1.54) is 18.3 Å². The predicted octanol–water partition coefficient (Wildman–Crippen LogP) is 4.32. The number of halogens is 1. The Labute approximate surface area is 179 Å². The number of benzene rings is 1. The Balaban J connectivity index is 1.19. The molecule has 0 saturated heterocycles. The fraction of sp³-hybridized carbons (Fsp3) is 0.333. The third-order valence-corrected chi connectivity index (χ3v) is 6.56. The minimum Gasteiger partial charge on any atom is -0.490 e. The van der Waals surface area contributed by atoms with Gasteiger partial charge in [0.15, 0.2) is 0 Å². The zero-order valence-electron chi connectivity index (χ0n) is 17.0. The summed E-state index contributed by atoms with van der Waals surface area (Å²) < 4.78 is 19.9. The average molecular weight is 416 g/mol. The SMILES string of the molecule is CC(C(=O)Nc1ccc(C#N)cn1)[C@H]1[C@@H]2C[C@@H](Oc3ccnc4ccc(F)cc34)C[C@@H]21. The number of hydrogen-bond acceptors (Lipinski definition) is 5. The fourth-order valence-electron chi connectivity index (χ4n) is 5.00. The van der Waals surface area contributed by atoms with Gasteiger partial charge in [-0.1, -0.05) is 6.92 Å². The lowest BCUT2D eigenvalue weighted by molar-refractivity contribution is -0.120. The number of pyridine rings is 2. The highest BCUT2D eigenvalue weighted by Crippen LogP contribution is 2.61. The topological polar surface area (TPSA) is 87.9 Å². The van der Waals surface area contributed by atoms with Crippen LogP contribution in [0.25, 0.3) is 10.9 Å². The number of fused-ring (bicyclic) bond motifs is 2. The van der Waals surface area contributed by atoms with E-state index in [2.05, 4.69) is 15.3 Å². The first-order chi connectivity index (χ1) is 15.0. The van der Waals surface area contributed by atoms with Crippen LogP contribution in [0, 0.1) is 40.8 Å². The van der Waals surface area contributed by atoms with Gasteiger partial charge in [-0.15, -0.1) is 0 Å². The van der Waals surface area contributed by atoms with Gasteiger partial charge in [0.25, 0.3) is 0 Å². The molecule has 2 aliphatic carbocycles. The molecule has 2 heterocycles. The molecule has 0 aliphatic heterocycles. The maximum absolute atomic E-state index is 13.7. The summed E-state index contributed by atoms with van der Waals surface area (Å²) in [5.41, 5.74) is 1.17. The van der Waals surface area contributed by atoms with Crippen LogP contribution >= 0.6 is 0 Å². The van der Waals surface area contributed by atoms with Crippen molar-refractivity contribution in [3.8, 4) is 11.8 Å². The van der Waals surface area contributed by atoms with Crippen molar-refractivity contribution in [2.24, 2.45) is 23.7 Å². The number of nitriles is 1. The number of rotatable bonds is 5. The van der Waals surface area contributed by atoms with Crippen molar-refractivity contribution in [2.45, 2.75) is 25.9 Å². The van der Waals surface area contributed by atoms with Gasteiger partial charge in [-0.2, -0.15) is 5.26 Å². The molecule has 2 fully saturated rings. The van der Waals surface area contributed by atoms with Crippen LogP contribution in [0.15, 0.2) is 48.8 Å². The van der Waals surface area contributed by atoms with Gasteiger partial charge in [0.2, 0.25) is 5.91 Å². The van der Waals surface area contributed by atoms with Gasteiger partial charge in [-0.05, 0) is 67.0 Å². The Morgan fingerprint density at radius 1 is 1.23 bits per heavy atom. The lowest BCUT2D eigenvalue weighted by Crippen LogP contribution is -2.26. The molecule has 1 aromatic carbocycles. The second-order valence-corrected chi connectivity index (χ2v) is 8.41. The highest BCUT2D eigenvalue weighted by atomic mass is 19.1. The Kier molecular flexibility index (Phi) is 4.78. The number of hydrogen-bond donors (Lipinski definition) is 1. The molecule has 6 nitrogen and oxygen atoms in total. The molecule has 1 amide bonds. The van der Waals surface area contributed by atoms with Crippen LogP contribution in [0.5, 0.6) is 5.75 Å². The van der Waals surface area contributed by atoms with E-state index in [1.807, 2.05) is 13.0 Å². The van der Waals surface area contributed by atoms with E-state index in [9.17, 15) is 9.18 Å². The van der Waals surface area contributed by atoms with Crippen LogP contribution in [0.2, 0.25) is 0 Å². The largest absolute Gasteiger partial charge is 0.490 e. The van der Waals surface area contributed by atoms with E-state index >= 15 is 0 Å². The number of amides is 1. The molecule has 31 heavy (non-hydrogen) atoms. The molecule has 7 heteroatoms. The number of nitrogens with one attached hydrogen (secondary N) is 1. The lowest BCUT2D eigenvalue weighted by Gasteiger charge is -2.20. The number of carbonyl (C=O) groups excluding carboxylic acids is 1.